The fourth-order valence-electron chi connectivity index (χ4n) is 2.80. The molecule has 1 aliphatic carbocycles. The first-order valence-electron chi connectivity index (χ1n) is 7.65. The lowest BCUT2D eigenvalue weighted by Crippen LogP contribution is -2.41. The monoisotopic (exact) mass is 283 g/mol. The fourth-order valence-corrected chi connectivity index (χ4v) is 2.80. The predicted octanol–water partition coefficient (Wildman–Crippen LogP) is 3.04. The first kappa shape index (κ1) is 14.6. The number of aryl methyl sites for hydroxylation is 1. The molecule has 1 saturated carbocycles. The summed E-state index contributed by atoms with van der Waals surface area (Å²) < 4.78 is 12.3. The van der Waals surface area contributed by atoms with E-state index >= 15 is 0 Å². The summed E-state index contributed by atoms with van der Waals surface area (Å²) in [5, 5.41) is 9.50. The standard InChI is InChI=1S/C17H22BNO2/c1-11-8-13(12-6-7-12)9-15(14(11)10-19)18-20-16(2,3)17(4,5)21-18/h8-9,12H,6-7H2,1-5H3. The molecule has 0 spiro atoms. The third-order valence-corrected chi connectivity index (χ3v) is 5.06. The zero-order chi connectivity index (χ0) is 15.4. The van der Waals surface area contributed by atoms with Gasteiger partial charge in [-0.1, -0.05) is 12.1 Å². The van der Waals surface area contributed by atoms with E-state index in [9.17, 15) is 5.26 Å². The number of benzene rings is 1. The van der Waals surface area contributed by atoms with Crippen molar-refractivity contribution in [3.05, 3.63) is 28.8 Å². The fraction of sp³-hybridized carbons (Fsp3) is 0.588. The highest BCUT2D eigenvalue weighted by molar-refractivity contribution is 6.63. The summed E-state index contributed by atoms with van der Waals surface area (Å²) in [7, 11) is -0.456. The molecule has 21 heavy (non-hydrogen) atoms. The van der Waals surface area contributed by atoms with Gasteiger partial charge in [0.1, 0.15) is 0 Å². The van der Waals surface area contributed by atoms with Gasteiger partial charge in [0, 0.05) is 5.46 Å². The van der Waals surface area contributed by atoms with Gasteiger partial charge < -0.3 is 9.31 Å². The van der Waals surface area contributed by atoms with Crippen LogP contribution < -0.4 is 5.46 Å². The highest BCUT2D eigenvalue weighted by Crippen LogP contribution is 2.41. The molecule has 2 aliphatic rings. The zero-order valence-corrected chi connectivity index (χ0v) is 13.5. The van der Waals surface area contributed by atoms with Crippen LogP contribution in [0.1, 0.15) is 63.1 Å². The Labute approximate surface area is 127 Å². The summed E-state index contributed by atoms with van der Waals surface area (Å²) >= 11 is 0. The molecule has 0 bridgehead atoms. The van der Waals surface area contributed by atoms with Crippen LogP contribution in [0.4, 0.5) is 0 Å². The van der Waals surface area contributed by atoms with Crippen molar-refractivity contribution in [2.24, 2.45) is 0 Å². The second-order valence-electron chi connectivity index (χ2n) is 7.28. The van der Waals surface area contributed by atoms with Crippen LogP contribution in [0.3, 0.4) is 0 Å². The van der Waals surface area contributed by atoms with Crippen molar-refractivity contribution < 1.29 is 9.31 Å². The molecule has 1 aromatic carbocycles. The van der Waals surface area contributed by atoms with Crippen molar-refractivity contribution in [3.63, 3.8) is 0 Å². The van der Waals surface area contributed by atoms with Crippen molar-refractivity contribution in [3.8, 4) is 6.07 Å². The molecular weight excluding hydrogens is 261 g/mol. The second kappa shape index (κ2) is 4.59. The Balaban J connectivity index is 2.04. The Morgan fingerprint density at radius 3 is 2.19 bits per heavy atom. The van der Waals surface area contributed by atoms with Crippen LogP contribution in [0.15, 0.2) is 12.1 Å². The first-order chi connectivity index (χ1) is 9.75. The average molecular weight is 283 g/mol. The number of hydrogen-bond donors (Lipinski definition) is 0. The molecule has 1 saturated heterocycles. The normalized spacial score (nSPS) is 23.1. The molecule has 110 valence electrons. The van der Waals surface area contributed by atoms with Crippen molar-refractivity contribution >= 4 is 12.6 Å². The Morgan fingerprint density at radius 2 is 1.71 bits per heavy atom. The molecule has 1 aliphatic heterocycles. The van der Waals surface area contributed by atoms with Crippen LogP contribution in [0.5, 0.6) is 0 Å². The van der Waals surface area contributed by atoms with Gasteiger partial charge in [0.25, 0.3) is 0 Å². The third kappa shape index (κ3) is 2.39. The molecule has 4 heteroatoms. The lowest BCUT2D eigenvalue weighted by atomic mass is 9.74. The Hall–Kier alpha value is -1.31. The second-order valence-corrected chi connectivity index (χ2v) is 7.28. The smallest absolute Gasteiger partial charge is 0.399 e. The van der Waals surface area contributed by atoms with Gasteiger partial charge >= 0.3 is 7.12 Å². The lowest BCUT2D eigenvalue weighted by molar-refractivity contribution is 0.00578. The quantitative estimate of drug-likeness (QED) is 0.783. The molecule has 0 atom stereocenters. The maximum absolute atomic E-state index is 9.50. The number of nitriles is 1. The van der Waals surface area contributed by atoms with Gasteiger partial charge in [-0.05, 0) is 64.5 Å². The SMILES string of the molecule is Cc1cc(C2CC2)cc(B2OC(C)(C)C(C)(C)O2)c1C#N. The van der Waals surface area contributed by atoms with Crippen molar-refractivity contribution in [1.82, 2.24) is 0 Å². The Bertz CT molecular complexity index is 610. The third-order valence-electron chi connectivity index (χ3n) is 5.06. The molecule has 3 rings (SSSR count). The van der Waals surface area contributed by atoms with Gasteiger partial charge in [-0.25, -0.2) is 0 Å². The Morgan fingerprint density at radius 1 is 1.14 bits per heavy atom. The molecular formula is C17H22BNO2. The molecule has 1 aromatic rings. The zero-order valence-electron chi connectivity index (χ0n) is 13.5. The molecule has 0 aromatic heterocycles. The van der Waals surface area contributed by atoms with Crippen LogP contribution in [0.2, 0.25) is 0 Å². The molecule has 2 fully saturated rings. The molecule has 0 N–H and O–H groups in total. The summed E-state index contributed by atoms with van der Waals surface area (Å²) in [4.78, 5) is 0. The van der Waals surface area contributed by atoms with E-state index in [-0.39, 0.29) is 11.2 Å². The van der Waals surface area contributed by atoms with Gasteiger partial charge in [0.2, 0.25) is 0 Å². The van der Waals surface area contributed by atoms with E-state index in [4.69, 9.17) is 9.31 Å². The van der Waals surface area contributed by atoms with Gasteiger partial charge in [0.05, 0.1) is 22.8 Å². The van der Waals surface area contributed by atoms with Crippen LogP contribution in [-0.4, -0.2) is 18.3 Å². The van der Waals surface area contributed by atoms with Gasteiger partial charge in [-0.15, -0.1) is 0 Å². The van der Waals surface area contributed by atoms with E-state index in [2.05, 4.69) is 18.2 Å². The van der Waals surface area contributed by atoms with E-state index in [1.165, 1.54) is 18.4 Å². The number of hydrogen-bond acceptors (Lipinski definition) is 3. The van der Waals surface area contributed by atoms with Gasteiger partial charge in [0.15, 0.2) is 0 Å². The first-order valence-corrected chi connectivity index (χ1v) is 7.65. The van der Waals surface area contributed by atoms with Gasteiger partial charge in [-0.2, -0.15) is 5.26 Å². The van der Waals surface area contributed by atoms with Crippen LogP contribution in [0.25, 0.3) is 0 Å². The minimum atomic E-state index is -0.456. The van der Waals surface area contributed by atoms with E-state index in [0.29, 0.717) is 11.5 Å². The van der Waals surface area contributed by atoms with Gasteiger partial charge in [-0.3, -0.25) is 0 Å². The maximum atomic E-state index is 9.50. The molecule has 0 amide bonds. The minimum absolute atomic E-state index is 0.381. The van der Waals surface area contributed by atoms with Crippen molar-refractivity contribution in [1.29, 1.82) is 5.26 Å². The Kier molecular flexibility index (Phi) is 3.20. The van der Waals surface area contributed by atoms with Crippen LogP contribution in [-0.2, 0) is 9.31 Å². The van der Waals surface area contributed by atoms with E-state index < -0.39 is 7.12 Å². The number of rotatable bonds is 2. The summed E-state index contributed by atoms with van der Waals surface area (Å²) in [5.74, 6) is 0.651. The van der Waals surface area contributed by atoms with Crippen molar-refractivity contribution in [2.45, 2.75) is 64.6 Å². The molecule has 0 radical (unpaired) electrons. The topological polar surface area (TPSA) is 42.2 Å². The molecule has 1 heterocycles. The van der Waals surface area contributed by atoms with Crippen LogP contribution in [0, 0.1) is 18.3 Å². The van der Waals surface area contributed by atoms with Crippen molar-refractivity contribution in [2.75, 3.05) is 0 Å². The highest BCUT2D eigenvalue weighted by atomic mass is 16.7. The number of nitrogens with zero attached hydrogens (tertiary/aromatic N) is 1. The summed E-state index contributed by atoms with van der Waals surface area (Å²) in [6.07, 6.45) is 2.49. The summed E-state index contributed by atoms with van der Waals surface area (Å²) in [6.45, 7) is 10.2. The largest absolute Gasteiger partial charge is 0.496 e. The average Bonchev–Trinajstić information content (AvgIpc) is 3.17. The lowest BCUT2D eigenvalue weighted by Gasteiger charge is -2.32. The van der Waals surface area contributed by atoms with E-state index in [0.717, 1.165) is 11.0 Å². The summed E-state index contributed by atoms with van der Waals surface area (Å²) in [6, 6.07) is 6.58. The minimum Gasteiger partial charge on any atom is -0.399 e. The highest BCUT2D eigenvalue weighted by Gasteiger charge is 2.52. The van der Waals surface area contributed by atoms with E-state index in [1.54, 1.807) is 0 Å². The predicted molar refractivity (Wildman–Crippen MR) is 83.6 cm³/mol. The summed E-state index contributed by atoms with van der Waals surface area (Å²) in [5.41, 5.74) is 3.15. The van der Waals surface area contributed by atoms with E-state index in [1.807, 2.05) is 34.6 Å². The molecule has 3 nitrogen and oxygen atoms in total. The molecule has 0 unspecified atom stereocenters. The maximum Gasteiger partial charge on any atom is 0.496 e. The van der Waals surface area contributed by atoms with Crippen LogP contribution >= 0.6 is 0 Å².